The molecule has 4 rings (SSSR count). The summed E-state index contributed by atoms with van der Waals surface area (Å²) in [4.78, 5) is 22.5. The van der Waals surface area contributed by atoms with Gasteiger partial charge >= 0.3 is 11.9 Å². The Morgan fingerprint density at radius 1 is 0.686 bits per heavy atom. The predicted octanol–water partition coefficient (Wildman–Crippen LogP) is 6.66. The van der Waals surface area contributed by atoms with E-state index in [1.165, 1.54) is 0 Å². The average molecular weight is 469 g/mol. The van der Waals surface area contributed by atoms with Crippen LogP contribution in [0.5, 0.6) is 11.5 Å². The van der Waals surface area contributed by atoms with E-state index in [2.05, 4.69) is 13.2 Å². The van der Waals surface area contributed by atoms with Crippen LogP contribution in [-0.2, 0) is 14.3 Å². The van der Waals surface area contributed by atoms with Gasteiger partial charge in [-0.3, -0.25) is 0 Å². The zero-order valence-electron chi connectivity index (χ0n) is 20.0. The molecule has 0 radical (unpaired) electrons. The van der Waals surface area contributed by atoms with E-state index in [-0.39, 0.29) is 12.6 Å². The van der Waals surface area contributed by atoms with Crippen LogP contribution in [0.2, 0.25) is 0 Å². The van der Waals surface area contributed by atoms with Crippen molar-refractivity contribution >= 4 is 33.5 Å². The van der Waals surface area contributed by atoms with E-state index < -0.39 is 5.97 Å². The van der Waals surface area contributed by atoms with Crippen molar-refractivity contribution in [3.8, 4) is 11.5 Å². The third-order valence-corrected chi connectivity index (χ3v) is 4.95. The van der Waals surface area contributed by atoms with Crippen molar-refractivity contribution in [2.45, 2.75) is 13.8 Å². The molecule has 0 spiro atoms. The summed E-state index contributed by atoms with van der Waals surface area (Å²) in [6.45, 7) is 10.8. The molecule has 0 atom stereocenters. The van der Waals surface area contributed by atoms with Gasteiger partial charge in [0, 0.05) is 16.5 Å². The molecule has 35 heavy (non-hydrogen) atoms. The van der Waals surface area contributed by atoms with Crippen molar-refractivity contribution in [3.05, 3.63) is 109 Å². The lowest BCUT2D eigenvalue weighted by Crippen LogP contribution is -2.12. The van der Waals surface area contributed by atoms with Crippen molar-refractivity contribution in [1.29, 1.82) is 0 Å². The van der Waals surface area contributed by atoms with Gasteiger partial charge in [-0.05, 0) is 48.2 Å². The minimum absolute atomic E-state index is 0.217. The van der Waals surface area contributed by atoms with Crippen LogP contribution in [-0.4, -0.2) is 25.2 Å². The summed E-state index contributed by atoms with van der Waals surface area (Å²) >= 11 is 0. The Bertz CT molecular complexity index is 1360. The molecule has 0 fully saturated rings. The van der Waals surface area contributed by atoms with Crippen LogP contribution in [0.3, 0.4) is 0 Å². The highest BCUT2D eigenvalue weighted by Gasteiger charge is 2.06. The number of carbonyl (C=O) groups excluding carboxylic acids is 2. The molecule has 4 aromatic carbocycles. The number of benzene rings is 4. The maximum atomic E-state index is 11.3. The summed E-state index contributed by atoms with van der Waals surface area (Å²) < 4.78 is 15.8. The Morgan fingerprint density at radius 3 is 2.03 bits per heavy atom. The molecule has 5 nitrogen and oxygen atoms in total. The zero-order chi connectivity index (χ0) is 25.2. The number of ether oxygens (including phenoxy) is 3. The predicted molar refractivity (Wildman–Crippen MR) is 140 cm³/mol. The fraction of sp³-hybridized carbons (Fsp3) is 0.133. The van der Waals surface area contributed by atoms with E-state index >= 15 is 0 Å². The Hall–Kier alpha value is -4.38. The molecule has 4 aromatic rings. The summed E-state index contributed by atoms with van der Waals surface area (Å²) in [6, 6.07) is 27.3. The molecule has 0 saturated carbocycles. The summed E-state index contributed by atoms with van der Waals surface area (Å²) in [5.41, 5.74) is 0.790. The van der Waals surface area contributed by atoms with Gasteiger partial charge in [0.25, 0.3) is 0 Å². The first-order chi connectivity index (χ1) is 16.8. The highest BCUT2D eigenvalue weighted by Crippen LogP contribution is 2.25. The number of hydrogen-bond donors (Lipinski definition) is 0. The van der Waals surface area contributed by atoms with E-state index in [0.717, 1.165) is 27.3 Å². The largest absolute Gasteiger partial charge is 0.489 e. The smallest absolute Gasteiger partial charge is 0.338 e. The quantitative estimate of drug-likeness (QED) is 0.131. The van der Waals surface area contributed by atoms with Gasteiger partial charge in [-0.2, -0.15) is 0 Å². The summed E-state index contributed by atoms with van der Waals surface area (Å²) in [7, 11) is 0. The molecule has 5 heteroatoms. The second-order valence-corrected chi connectivity index (χ2v) is 7.92. The fourth-order valence-electron chi connectivity index (χ4n) is 3.16. The standard InChI is InChI=1S/C16H16O3.C14H12O2/c1-12(2)16(17)19-11-10-18-15-9-5-7-13-6-3-4-8-14(13)15;1-10(2)14(15)16-13-8-7-11-5-3-4-6-12(11)9-13/h3-9H,1,10-11H2,2H3;3-9H,1H2,2H3. The van der Waals surface area contributed by atoms with E-state index in [1.807, 2.05) is 78.9 Å². The molecule has 0 bridgehead atoms. The molecular weight excluding hydrogens is 440 g/mol. The molecule has 0 amide bonds. The normalized spacial score (nSPS) is 10.1. The Balaban J connectivity index is 0.000000198. The first-order valence-electron chi connectivity index (χ1n) is 11.1. The number of fused-ring (bicyclic) bond motifs is 2. The third-order valence-electron chi connectivity index (χ3n) is 4.95. The average Bonchev–Trinajstić information content (AvgIpc) is 2.86. The molecule has 0 unspecified atom stereocenters. The van der Waals surface area contributed by atoms with Crippen LogP contribution in [0.4, 0.5) is 0 Å². The molecule has 0 aliphatic heterocycles. The molecule has 0 aliphatic carbocycles. The van der Waals surface area contributed by atoms with Gasteiger partial charge in [0.1, 0.15) is 24.7 Å². The molecule has 0 aliphatic rings. The lowest BCUT2D eigenvalue weighted by Gasteiger charge is -2.09. The van der Waals surface area contributed by atoms with Crippen LogP contribution in [0.25, 0.3) is 21.5 Å². The van der Waals surface area contributed by atoms with E-state index in [9.17, 15) is 9.59 Å². The minimum atomic E-state index is -0.393. The zero-order valence-corrected chi connectivity index (χ0v) is 20.0. The Morgan fingerprint density at radius 2 is 1.31 bits per heavy atom. The highest BCUT2D eigenvalue weighted by molar-refractivity contribution is 5.90. The first-order valence-corrected chi connectivity index (χ1v) is 11.1. The van der Waals surface area contributed by atoms with Gasteiger partial charge in [0.2, 0.25) is 0 Å². The van der Waals surface area contributed by atoms with Crippen LogP contribution in [0, 0.1) is 0 Å². The number of esters is 2. The summed E-state index contributed by atoms with van der Waals surface area (Å²) in [6.07, 6.45) is 0. The van der Waals surface area contributed by atoms with Crippen LogP contribution >= 0.6 is 0 Å². The Labute approximate surface area is 205 Å². The molecule has 0 aromatic heterocycles. The maximum absolute atomic E-state index is 11.3. The SMILES string of the molecule is C=C(C)C(=O)OCCOc1cccc2ccccc12.C=C(C)C(=O)Oc1ccc2ccccc2c1. The van der Waals surface area contributed by atoms with E-state index in [4.69, 9.17) is 14.2 Å². The van der Waals surface area contributed by atoms with Crippen LogP contribution in [0.1, 0.15) is 13.8 Å². The van der Waals surface area contributed by atoms with Gasteiger partial charge in [0.05, 0.1) is 0 Å². The van der Waals surface area contributed by atoms with Gasteiger partial charge < -0.3 is 14.2 Å². The topological polar surface area (TPSA) is 61.8 Å². The Kier molecular flexibility index (Phi) is 8.79. The second-order valence-electron chi connectivity index (χ2n) is 7.92. The van der Waals surface area contributed by atoms with E-state index in [1.54, 1.807) is 19.9 Å². The lowest BCUT2D eigenvalue weighted by atomic mass is 10.1. The minimum Gasteiger partial charge on any atom is -0.489 e. The van der Waals surface area contributed by atoms with Gasteiger partial charge in [-0.25, -0.2) is 9.59 Å². The van der Waals surface area contributed by atoms with Crippen molar-refractivity contribution in [2.24, 2.45) is 0 Å². The summed E-state index contributed by atoms with van der Waals surface area (Å²) in [5.74, 6) is 0.563. The number of carbonyl (C=O) groups is 2. The maximum Gasteiger partial charge on any atom is 0.338 e. The van der Waals surface area contributed by atoms with E-state index in [0.29, 0.717) is 23.5 Å². The van der Waals surface area contributed by atoms with Crippen molar-refractivity contribution in [1.82, 2.24) is 0 Å². The number of rotatable bonds is 7. The van der Waals surface area contributed by atoms with Gasteiger partial charge in [0.15, 0.2) is 0 Å². The molecule has 0 heterocycles. The van der Waals surface area contributed by atoms with Gasteiger partial charge in [-0.1, -0.05) is 79.9 Å². The molecule has 0 N–H and O–H groups in total. The molecule has 178 valence electrons. The highest BCUT2D eigenvalue weighted by atomic mass is 16.6. The van der Waals surface area contributed by atoms with Crippen molar-refractivity contribution in [2.75, 3.05) is 13.2 Å². The molecular formula is C30H28O5. The first kappa shape index (κ1) is 25.2. The molecule has 0 saturated heterocycles. The fourth-order valence-corrected chi connectivity index (χ4v) is 3.16. The lowest BCUT2D eigenvalue weighted by molar-refractivity contribution is -0.139. The monoisotopic (exact) mass is 468 g/mol. The third kappa shape index (κ3) is 7.30. The van der Waals surface area contributed by atoms with Gasteiger partial charge in [-0.15, -0.1) is 0 Å². The summed E-state index contributed by atoms with van der Waals surface area (Å²) in [5, 5.41) is 4.35. The van der Waals surface area contributed by atoms with Crippen molar-refractivity contribution < 1.29 is 23.8 Å². The second kappa shape index (κ2) is 12.2. The number of hydrogen-bond acceptors (Lipinski definition) is 5. The van der Waals surface area contributed by atoms with Crippen LogP contribution < -0.4 is 9.47 Å². The van der Waals surface area contributed by atoms with Crippen LogP contribution in [0.15, 0.2) is 109 Å². The van der Waals surface area contributed by atoms with Crippen molar-refractivity contribution in [3.63, 3.8) is 0 Å².